The van der Waals surface area contributed by atoms with Crippen LogP contribution in [0, 0.1) is 16.7 Å². The molecule has 1 rings (SSSR count). The van der Waals surface area contributed by atoms with Gasteiger partial charge in [-0.25, -0.2) is 0 Å². The van der Waals surface area contributed by atoms with Gasteiger partial charge < -0.3 is 9.64 Å². The third-order valence-electron chi connectivity index (χ3n) is 3.48. The van der Waals surface area contributed by atoms with Gasteiger partial charge in [-0.1, -0.05) is 41.5 Å². The molecule has 1 fully saturated rings. The van der Waals surface area contributed by atoms with Crippen LogP contribution in [0.15, 0.2) is 0 Å². The second-order valence-electron chi connectivity index (χ2n) is 7.62. The predicted molar refractivity (Wildman–Crippen MR) is 74.4 cm³/mol. The van der Waals surface area contributed by atoms with Crippen molar-refractivity contribution in [2.75, 3.05) is 26.3 Å². The molecule has 0 radical (unpaired) electrons. The summed E-state index contributed by atoms with van der Waals surface area (Å²) in [6.07, 6.45) is 0.937. The molecule has 0 aromatic heterocycles. The normalized spacial score (nSPS) is 19.8. The Hall–Kier alpha value is -0.570. The number of rotatable bonds is 2. The van der Waals surface area contributed by atoms with Gasteiger partial charge in [-0.05, 0) is 17.3 Å². The first-order valence-corrected chi connectivity index (χ1v) is 6.98. The molecule has 1 atom stereocenters. The average Bonchev–Trinajstić information content (AvgIpc) is 2.24. The maximum atomic E-state index is 12.7. The number of hydrogen-bond acceptors (Lipinski definition) is 2. The summed E-state index contributed by atoms with van der Waals surface area (Å²) in [6, 6.07) is 0. The van der Waals surface area contributed by atoms with Crippen molar-refractivity contribution in [1.82, 2.24) is 4.90 Å². The van der Waals surface area contributed by atoms with Gasteiger partial charge in [0.15, 0.2) is 0 Å². The van der Waals surface area contributed by atoms with Crippen LogP contribution in [0.25, 0.3) is 0 Å². The zero-order valence-electron chi connectivity index (χ0n) is 12.9. The Bertz CT molecular complexity index is 280. The number of carbonyl (C=O) groups excluding carboxylic acids is 1. The molecule has 3 nitrogen and oxygen atoms in total. The van der Waals surface area contributed by atoms with Gasteiger partial charge in [0.1, 0.15) is 0 Å². The fraction of sp³-hybridized carbons (Fsp3) is 0.933. The predicted octanol–water partition coefficient (Wildman–Crippen LogP) is 2.94. The summed E-state index contributed by atoms with van der Waals surface area (Å²) in [5.41, 5.74) is 0.197. The first-order valence-electron chi connectivity index (χ1n) is 6.98. The van der Waals surface area contributed by atoms with Crippen LogP contribution in [-0.2, 0) is 9.53 Å². The summed E-state index contributed by atoms with van der Waals surface area (Å²) >= 11 is 0. The number of nitrogens with zero attached hydrogens (tertiary/aromatic N) is 1. The van der Waals surface area contributed by atoms with Crippen molar-refractivity contribution in [2.24, 2.45) is 16.7 Å². The Kier molecular flexibility index (Phi) is 4.82. The quantitative estimate of drug-likeness (QED) is 0.759. The van der Waals surface area contributed by atoms with Crippen molar-refractivity contribution in [3.05, 3.63) is 0 Å². The minimum atomic E-state index is 0.0165. The fourth-order valence-electron chi connectivity index (χ4n) is 2.38. The summed E-state index contributed by atoms with van der Waals surface area (Å²) in [7, 11) is 0. The fourth-order valence-corrected chi connectivity index (χ4v) is 2.38. The van der Waals surface area contributed by atoms with Gasteiger partial charge in [0.05, 0.1) is 13.2 Å². The smallest absolute Gasteiger partial charge is 0.226 e. The van der Waals surface area contributed by atoms with Gasteiger partial charge in [-0.2, -0.15) is 0 Å². The highest BCUT2D eigenvalue weighted by atomic mass is 16.5. The van der Waals surface area contributed by atoms with E-state index in [2.05, 4.69) is 41.5 Å². The summed E-state index contributed by atoms with van der Waals surface area (Å²) in [4.78, 5) is 14.7. The van der Waals surface area contributed by atoms with E-state index in [-0.39, 0.29) is 16.7 Å². The molecule has 0 aromatic carbocycles. The van der Waals surface area contributed by atoms with Gasteiger partial charge in [0.2, 0.25) is 5.91 Å². The van der Waals surface area contributed by atoms with Crippen LogP contribution in [-0.4, -0.2) is 37.1 Å². The van der Waals surface area contributed by atoms with Crippen molar-refractivity contribution in [3.8, 4) is 0 Å². The van der Waals surface area contributed by atoms with Gasteiger partial charge in [-0.3, -0.25) is 4.79 Å². The van der Waals surface area contributed by atoms with E-state index in [1.165, 1.54) is 0 Å². The first kappa shape index (κ1) is 15.5. The minimum absolute atomic E-state index is 0.0165. The van der Waals surface area contributed by atoms with Gasteiger partial charge in [0.25, 0.3) is 0 Å². The second-order valence-corrected chi connectivity index (χ2v) is 7.62. The molecular weight excluding hydrogens is 226 g/mol. The third-order valence-corrected chi connectivity index (χ3v) is 3.48. The van der Waals surface area contributed by atoms with Crippen molar-refractivity contribution >= 4 is 5.91 Å². The van der Waals surface area contributed by atoms with Gasteiger partial charge >= 0.3 is 0 Å². The molecule has 1 aliphatic heterocycles. The van der Waals surface area contributed by atoms with E-state index < -0.39 is 0 Å². The van der Waals surface area contributed by atoms with Gasteiger partial charge in [-0.15, -0.1) is 0 Å². The molecule has 0 N–H and O–H groups in total. The molecular formula is C15H29NO2. The molecule has 3 heteroatoms. The molecule has 1 amide bonds. The average molecular weight is 255 g/mol. The highest BCUT2D eigenvalue weighted by molar-refractivity contribution is 5.79. The van der Waals surface area contributed by atoms with Gasteiger partial charge in [0, 0.05) is 19.0 Å². The van der Waals surface area contributed by atoms with E-state index in [0.29, 0.717) is 19.1 Å². The van der Waals surface area contributed by atoms with Crippen molar-refractivity contribution < 1.29 is 9.53 Å². The number of amides is 1. The van der Waals surface area contributed by atoms with Crippen molar-refractivity contribution in [1.29, 1.82) is 0 Å². The lowest BCUT2D eigenvalue weighted by atomic mass is 9.71. The highest BCUT2D eigenvalue weighted by Crippen LogP contribution is 2.37. The maximum absolute atomic E-state index is 12.7. The number of ether oxygens (including phenoxy) is 1. The molecule has 18 heavy (non-hydrogen) atoms. The minimum Gasteiger partial charge on any atom is -0.378 e. The molecule has 0 saturated carbocycles. The summed E-state index contributed by atoms with van der Waals surface area (Å²) in [5.74, 6) is 0.399. The largest absolute Gasteiger partial charge is 0.378 e. The van der Waals surface area contributed by atoms with Crippen LogP contribution in [0.2, 0.25) is 0 Å². The van der Waals surface area contributed by atoms with Crippen molar-refractivity contribution in [2.45, 2.75) is 48.0 Å². The Morgan fingerprint density at radius 3 is 2.00 bits per heavy atom. The monoisotopic (exact) mass is 255 g/mol. The molecule has 106 valence electrons. The van der Waals surface area contributed by atoms with Crippen LogP contribution >= 0.6 is 0 Å². The lowest BCUT2D eigenvalue weighted by Crippen LogP contribution is -2.47. The lowest BCUT2D eigenvalue weighted by Gasteiger charge is -2.39. The van der Waals surface area contributed by atoms with E-state index in [4.69, 9.17) is 4.74 Å². The summed E-state index contributed by atoms with van der Waals surface area (Å²) < 4.78 is 5.32. The molecule has 1 aliphatic rings. The topological polar surface area (TPSA) is 29.5 Å². The first-order chi connectivity index (χ1) is 8.11. The third kappa shape index (κ3) is 4.60. The van der Waals surface area contributed by atoms with Crippen molar-refractivity contribution in [3.63, 3.8) is 0 Å². The van der Waals surface area contributed by atoms with E-state index in [1.807, 2.05) is 4.90 Å². The Labute approximate surface area is 112 Å². The van der Waals surface area contributed by atoms with Crippen LogP contribution in [0.5, 0.6) is 0 Å². The van der Waals surface area contributed by atoms with E-state index in [9.17, 15) is 4.79 Å². The molecule has 1 unspecified atom stereocenters. The summed E-state index contributed by atoms with van der Waals surface area (Å²) in [5, 5.41) is 0. The number of carbonyl (C=O) groups is 1. The van der Waals surface area contributed by atoms with E-state index in [1.54, 1.807) is 0 Å². The molecule has 0 aromatic rings. The standard InChI is InChI=1S/C15H29NO2/c1-14(2,3)11-12(15(4,5)6)13(17)16-7-9-18-10-8-16/h12H,7-11H2,1-6H3. The van der Waals surface area contributed by atoms with Crippen LogP contribution < -0.4 is 0 Å². The molecule has 0 aliphatic carbocycles. The second kappa shape index (κ2) is 5.60. The Morgan fingerprint density at radius 2 is 1.61 bits per heavy atom. The van der Waals surface area contributed by atoms with Crippen LogP contribution in [0.3, 0.4) is 0 Å². The SMILES string of the molecule is CC(C)(C)CC(C(=O)N1CCOCC1)C(C)(C)C. The maximum Gasteiger partial charge on any atom is 0.226 e. The highest BCUT2D eigenvalue weighted by Gasteiger charge is 2.37. The summed E-state index contributed by atoms with van der Waals surface area (Å²) in [6.45, 7) is 16.0. The number of morpholine rings is 1. The molecule has 0 bridgehead atoms. The Balaban J connectivity index is 2.79. The van der Waals surface area contributed by atoms with E-state index >= 15 is 0 Å². The zero-order chi connectivity index (χ0) is 14.0. The zero-order valence-corrected chi connectivity index (χ0v) is 12.9. The van der Waals surface area contributed by atoms with E-state index in [0.717, 1.165) is 19.5 Å². The lowest BCUT2D eigenvalue weighted by molar-refractivity contribution is -0.144. The Morgan fingerprint density at radius 1 is 1.11 bits per heavy atom. The number of hydrogen-bond donors (Lipinski definition) is 0. The molecule has 0 spiro atoms. The van der Waals surface area contributed by atoms with Crippen LogP contribution in [0.1, 0.15) is 48.0 Å². The molecule has 1 saturated heterocycles. The van der Waals surface area contributed by atoms with Crippen LogP contribution in [0.4, 0.5) is 0 Å². The molecule has 1 heterocycles.